The van der Waals surface area contributed by atoms with Gasteiger partial charge >= 0.3 is 5.97 Å². The molecule has 0 saturated heterocycles. The Morgan fingerprint density at radius 2 is 1.83 bits per heavy atom. The monoisotopic (exact) mass is 311 g/mol. The molecule has 23 heavy (non-hydrogen) atoms. The van der Waals surface area contributed by atoms with Gasteiger partial charge in [0.05, 0.1) is 18.7 Å². The molecule has 0 amide bonds. The van der Waals surface area contributed by atoms with E-state index in [0.717, 1.165) is 11.1 Å². The van der Waals surface area contributed by atoms with Crippen LogP contribution in [0.15, 0.2) is 42.5 Å². The summed E-state index contributed by atoms with van der Waals surface area (Å²) in [5, 5.41) is 12.3. The van der Waals surface area contributed by atoms with Crippen LogP contribution in [-0.4, -0.2) is 30.5 Å². The standard InChI is InChI=1S/C18H17NO4/c1-23-14-5-2-11(3-6-14)17(20)16-15-7-4-13(18(21)22)10-12(15)8-9-19-16/h2-7,10,16,19H,8-9H2,1H3,(H,21,22). The summed E-state index contributed by atoms with van der Waals surface area (Å²) < 4.78 is 5.10. The molecule has 1 aliphatic heterocycles. The van der Waals surface area contributed by atoms with E-state index in [1.165, 1.54) is 0 Å². The average Bonchev–Trinajstić information content (AvgIpc) is 2.60. The Bertz CT molecular complexity index is 752. The first-order chi connectivity index (χ1) is 11.1. The Hall–Kier alpha value is -2.66. The van der Waals surface area contributed by atoms with Crippen LogP contribution in [0.3, 0.4) is 0 Å². The number of carboxylic acid groups (broad SMARTS) is 1. The Kier molecular flexibility index (Phi) is 4.12. The largest absolute Gasteiger partial charge is 0.497 e. The number of nitrogens with one attached hydrogen (secondary N) is 1. The molecular formula is C18H17NO4. The summed E-state index contributed by atoms with van der Waals surface area (Å²) in [5.41, 5.74) is 2.61. The van der Waals surface area contributed by atoms with E-state index >= 15 is 0 Å². The smallest absolute Gasteiger partial charge is 0.335 e. The molecule has 1 unspecified atom stereocenters. The van der Waals surface area contributed by atoms with Crippen molar-refractivity contribution in [3.05, 3.63) is 64.7 Å². The Morgan fingerprint density at radius 1 is 1.13 bits per heavy atom. The maximum absolute atomic E-state index is 12.8. The fourth-order valence-electron chi connectivity index (χ4n) is 2.85. The second-order valence-corrected chi connectivity index (χ2v) is 5.45. The molecule has 5 heteroatoms. The summed E-state index contributed by atoms with van der Waals surface area (Å²) >= 11 is 0. The number of hydrogen-bond acceptors (Lipinski definition) is 4. The molecule has 5 nitrogen and oxygen atoms in total. The predicted octanol–water partition coefficient (Wildman–Crippen LogP) is 2.46. The summed E-state index contributed by atoms with van der Waals surface area (Å²) in [4.78, 5) is 23.9. The molecule has 0 bridgehead atoms. The molecule has 0 saturated carbocycles. The van der Waals surface area contributed by atoms with E-state index in [1.807, 2.05) is 0 Å². The third kappa shape index (κ3) is 2.96. The number of carbonyl (C=O) groups is 2. The highest BCUT2D eigenvalue weighted by molar-refractivity contribution is 6.01. The van der Waals surface area contributed by atoms with Crippen molar-refractivity contribution in [2.75, 3.05) is 13.7 Å². The van der Waals surface area contributed by atoms with Gasteiger partial charge in [-0.1, -0.05) is 6.07 Å². The summed E-state index contributed by atoms with van der Waals surface area (Å²) in [7, 11) is 1.58. The highest BCUT2D eigenvalue weighted by Crippen LogP contribution is 2.27. The van der Waals surface area contributed by atoms with Crippen molar-refractivity contribution in [2.24, 2.45) is 0 Å². The molecule has 1 atom stereocenters. The zero-order chi connectivity index (χ0) is 16.4. The molecule has 0 aromatic heterocycles. The molecule has 2 aromatic rings. The van der Waals surface area contributed by atoms with E-state index in [-0.39, 0.29) is 11.3 Å². The van der Waals surface area contributed by atoms with Gasteiger partial charge < -0.3 is 15.2 Å². The van der Waals surface area contributed by atoms with Crippen LogP contribution >= 0.6 is 0 Å². The van der Waals surface area contributed by atoms with Gasteiger partial charge in [-0.2, -0.15) is 0 Å². The summed E-state index contributed by atoms with van der Waals surface area (Å²) in [5.74, 6) is -0.286. The number of benzene rings is 2. The molecule has 0 radical (unpaired) electrons. The lowest BCUT2D eigenvalue weighted by Crippen LogP contribution is -2.35. The van der Waals surface area contributed by atoms with Crippen LogP contribution in [0.4, 0.5) is 0 Å². The molecule has 1 heterocycles. The normalized spacial score (nSPS) is 16.5. The molecule has 1 aliphatic rings. The zero-order valence-corrected chi connectivity index (χ0v) is 12.7. The fraction of sp³-hybridized carbons (Fsp3) is 0.222. The van der Waals surface area contributed by atoms with Gasteiger partial charge in [0.15, 0.2) is 5.78 Å². The van der Waals surface area contributed by atoms with Crippen molar-refractivity contribution in [1.29, 1.82) is 0 Å². The van der Waals surface area contributed by atoms with Crippen LogP contribution < -0.4 is 10.1 Å². The van der Waals surface area contributed by atoms with Gasteiger partial charge in [0.1, 0.15) is 5.75 Å². The maximum Gasteiger partial charge on any atom is 0.335 e. The van der Waals surface area contributed by atoms with E-state index in [1.54, 1.807) is 49.6 Å². The number of Topliss-reactive ketones (excluding diaryl/α,β-unsaturated/α-hetero) is 1. The number of aromatic carboxylic acids is 1. The lowest BCUT2D eigenvalue weighted by molar-refractivity contribution is 0.0696. The van der Waals surface area contributed by atoms with E-state index < -0.39 is 12.0 Å². The van der Waals surface area contributed by atoms with Crippen LogP contribution in [0, 0.1) is 0 Å². The average molecular weight is 311 g/mol. The second kappa shape index (κ2) is 6.22. The van der Waals surface area contributed by atoms with Gasteiger partial charge in [-0.05, 0) is 53.9 Å². The molecule has 118 valence electrons. The van der Waals surface area contributed by atoms with Crippen LogP contribution in [0.5, 0.6) is 5.75 Å². The van der Waals surface area contributed by atoms with Crippen LogP contribution in [0.2, 0.25) is 0 Å². The van der Waals surface area contributed by atoms with Crippen molar-refractivity contribution in [3.63, 3.8) is 0 Å². The van der Waals surface area contributed by atoms with Gasteiger partial charge in [0.25, 0.3) is 0 Å². The molecule has 3 rings (SSSR count). The van der Waals surface area contributed by atoms with Crippen molar-refractivity contribution in [3.8, 4) is 5.75 Å². The van der Waals surface area contributed by atoms with Crippen LogP contribution in [0.25, 0.3) is 0 Å². The molecule has 2 N–H and O–H groups in total. The predicted molar refractivity (Wildman–Crippen MR) is 85.2 cm³/mol. The minimum Gasteiger partial charge on any atom is -0.497 e. The number of methoxy groups -OCH3 is 1. The van der Waals surface area contributed by atoms with Crippen molar-refractivity contribution < 1.29 is 19.4 Å². The zero-order valence-electron chi connectivity index (χ0n) is 12.7. The van der Waals surface area contributed by atoms with Gasteiger partial charge in [-0.3, -0.25) is 4.79 Å². The number of carboxylic acids is 1. The number of ketones is 1. The Labute approximate surface area is 133 Å². The summed E-state index contributed by atoms with van der Waals surface area (Å²) in [6.45, 7) is 0.642. The third-order valence-corrected chi connectivity index (χ3v) is 4.08. The van der Waals surface area contributed by atoms with Crippen molar-refractivity contribution in [2.45, 2.75) is 12.5 Å². The Balaban J connectivity index is 1.92. The van der Waals surface area contributed by atoms with Crippen LogP contribution in [-0.2, 0) is 6.42 Å². The van der Waals surface area contributed by atoms with Gasteiger partial charge in [0.2, 0.25) is 0 Å². The second-order valence-electron chi connectivity index (χ2n) is 5.45. The highest BCUT2D eigenvalue weighted by atomic mass is 16.5. The van der Waals surface area contributed by atoms with Gasteiger partial charge in [-0.15, -0.1) is 0 Å². The lowest BCUT2D eigenvalue weighted by Gasteiger charge is -2.26. The fourth-order valence-corrected chi connectivity index (χ4v) is 2.85. The number of rotatable bonds is 4. The number of carbonyl (C=O) groups excluding carboxylic acids is 1. The highest BCUT2D eigenvalue weighted by Gasteiger charge is 2.27. The van der Waals surface area contributed by atoms with Crippen molar-refractivity contribution >= 4 is 11.8 Å². The first-order valence-electron chi connectivity index (χ1n) is 7.38. The minimum atomic E-state index is -0.954. The third-order valence-electron chi connectivity index (χ3n) is 4.08. The number of hydrogen-bond donors (Lipinski definition) is 2. The first-order valence-corrected chi connectivity index (χ1v) is 7.38. The minimum absolute atomic E-state index is 0.0309. The SMILES string of the molecule is COc1ccc(C(=O)C2NCCc3cc(C(=O)O)ccc32)cc1. The van der Waals surface area contributed by atoms with E-state index in [2.05, 4.69) is 5.32 Å². The first kappa shape index (κ1) is 15.2. The summed E-state index contributed by atoms with van der Waals surface area (Å²) in [6.07, 6.45) is 0.711. The molecule has 0 aliphatic carbocycles. The Morgan fingerprint density at radius 3 is 2.48 bits per heavy atom. The molecule has 2 aromatic carbocycles. The van der Waals surface area contributed by atoms with Gasteiger partial charge in [0, 0.05) is 12.1 Å². The molecular weight excluding hydrogens is 294 g/mol. The van der Waals surface area contributed by atoms with Crippen molar-refractivity contribution in [1.82, 2.24) is 5.32 Å². The quantitative estimate of drug-likeness (QED) is 0.848. The topological polar surface area (TPSA) is 75.6 Å². The van der Waals surface area contributed by atoms with Crippen LogP contribution in [0.1, 0.15) is 37.9 Å². The van der Waals surface area contributed by atoms with E-state index in [4.69, 9.17) is 9.84 Å². The molecule has 0 fully saturated rings. The van der Waals surface area contributed by atoms with E-state index in [0.29, 0.717) is 24.3 Å². The van der Waals surface area contributed by atoms with E-state index in [9.17, 15) is 9.59 Å². The lowest BCUT2D eigenvalue weighted by atomic mass is 9.88. The number of fused-ring (bicyclic) bond motifs is 1. The molecule has 0 spiro atoms. The van der Waals surface area contributed by atoms with Gasteiger partial charge in [-0.25, -0.2) is 4.79 Å². The number of ether oxygens (including phenoxy) is 1. The maximum atomic E-state index is 12.8. The summed E-state index contributed by atoms with van der Waals surface area (Å²) in [6, 6.07) is 11.5.